The van der Waals surface area contributed by atoms with Gasteiger partial charge in [0.25, 0.3) is 6.47 Å². The van der Waals surface area contributed by atoms with Crippen molar-refractivity contribution in [3.63, 3.8) is 0 Å². The van der Waals surface area contributed by atoms with Crippen LogP contribution in [0.25, 0.3) is 11.1 Å². The Kier molecular flexibility index (Phi) is 9.24. The molecule has 0 bridgehead atoms. The molecule has 0 spiro atoms. The average Bonchev–Trinajstić information content (AvgIpc) is 3.40. The zero-order chi connectivity index (χ0) is 24.5. The highest BCUT2D eigenvalue weighted by Gasteiger charge is 2.30. The number of amides is 1. The number of halogens is 2. The standard InChI is InChI=1S/C25H29F2NO3.CH2O2/c1-30-24-14-23(27)22(26)13-21(24)18-8-10-20(11-9-18)31-16-17-5-4-12-28(15-17)25(29)19-6-2-3-7-19;2-1-3/h8-11,13-14,17,19H,2-7,12,15-16H2,1H3;1H,(H,2,3). The minimum Gasteiger partial charge on any atom is -0.496 e. The van der Waals surface area contributed by atoms with Crippen LogP contribution in [-0.2, 0) is 9.59 Å². The van der Waals surface area contributed by atoms with Gasteiger partial charge in [-0.05, 0) is 49.4 Å². The van der Waals surface area contributed by atoms with Gasteiger partial charge in [0.15, 0.2) is 11.6 Å². The van der Waals surface area contributed by atoms with Gasteiger partial charge in [0.1, 0.15) is 11.5 Å². The molecule has 1 heterocycles. The van der Waals surface area contributed by atoms with E-state index < -0.39 is 11.6 Å². The Hall–Kier alpha value is -3.16. The molecule has 1 unspecified atom stereocenters. The zero-order valence-corrected chi connectivity index (χ0v) is 19.3. The number of carbonyl (C=O) groups excluding carboxylic acids is 1. The van der Waals surface area contributed by atoms with Gasteiger partial charge < -0.3 is 19.5 Å². The molecule has 1 atom stereocenters. The highest BCUT2D eigenvalue weighted by atomic mass is 19.2. The van der Waals surface area contributed by atoms with Gasteiger partial charge in [0.2, 0.25) is 5.91 Å². The van der Waals surface area contributed by atoms with Gasteiger partial charge in [-0.3, -0.25) is 9.59 Å². The molecule has 8 heteroatoms. The summed E-state index contributed by atoms with van der Waals surface area (Å²) < 4.78 is 38.3. The molecular weight excluding hydrogens is 444 g/mol. The summed E-state index contributed by atoms with van der Waals surface area (Å²) >= 11 is 0. The van der Waals surface area contributed by atoms with Gasteiger partial charge in [0, 0.05) is 36.6 Å². The number of piperidine rings is 1. The number of hydrogen-bond donors (Lipinski definition) is 1. The maximum absolute atomic E-state index is 13.7. The first-order valence-corrected chi connectivity index (χ1v) is 11.6. The van der Waals surface area contributed by atoms with Crippen molar-refractivity contribution < 1.29 is 33.0 Å². The largest absolute Gasteiger partial charge is 0.496 e. The smallest absolute Gasteiger partial charge is 0.290 e. The van der Waals surface area contributed by atoms with Crippen LogP contribution in [0.4, 0.5) is 8.78 Å². The van der Waals surface area contributed by atoms with Crippen LogP contribution < -0.4 is 9.47 Å². The molecule has 2 aliphatic rings. The summed E-state index contributed by atoms with van der Waals surface area (Å²) in [5.74, 6) is 0.0163. The summed E-state index contributed by atoms with van der Waals surface area (Å²) in [7, 11) is 1.43. The molecule has 1 saturated carbocycles. The molecule has 184 valence electrons. The van der Waals surface area contributed by atoms with Crippen LogP contribution in [0.1, 0.15) is 38.5 Å². The van der Waals surface area contributed by atoms with Crippen molar-refractivity contribution in [2.24, 2.45) is 11.8 Å². The Morgan fingerprint density at radius 3 is 2.38 bits per heavy atom. The Morgan fingerprint density at radius 2 is 1.74 bits per heavy atom. The van der Waals surface area contributed by atoms with Crippen LogP contribution in [0.5, 0.6) is 11.5 Å². The topological polar surface area (TPSA) is 76.1 Å². The lowest BCUT2D eigenvalue weighted by molar-refractivity contribution is -0.137. The van der Waals surface area contributed by atoms with Crippen LogP contribution in [0.3, 0.4) is 0 Å². The van der Waals surface area contributed by atoms with E-state index >= 15 is 0 Å². The monoisotopic (exact) mass is 475 g/mol. The Labute approximate surface area is 198 Å². The predicted molar refractivity (Wildman–Crippen MR) is 124 cm³/mol. The third kappa shape index (κ3) is 6.46. The molecule has 4 rings (SSSR count). The quantitative estimate of drug-likeness (QED) is 0.585. The average molecular weight is 476 g/mol. The van der Waals surface area contributed by atoms with Crippen LogP contribution in [-0.4, -0.2) is 49.2 Å². The van der Waals surface area contributed by atoms with Gasteiger partial charge in [0.05, 0.1) is 13.7 Å². The molecule has 6 nitrogen and oxygen atoms in total. The maximum atomic E-state index is 13.7. The van der Waals surface area contributed by atoms with Crippen molar-refractivity contribution in [3.8, 4) is 22.6 Å². The number of carboxylic acid groups (broad SMARTS) is 1. The molecule has 1 aliphatic heterocycles. The van der Waals surface area contributed by atoms with Crippen molar-refractivity contribution in [2.75, 3.05) is 26.8 Å². The number of likely N-dealkylation sites (tertiary alicyclic amines) is 1. The van der Waals surface area contributed by atoms with Crippen LogP contribution in [0, 0.1) is 23.5 Å². The normalized spacial score (nSPS) is 18.1. The zero-order valence-electron chi connectivity index (χ0n) is 19.3. The van der Waals surface area contributed by atoms with Crippen molar-refractivity contribution in [1.29, 1.82) is 0 Å². The summed E-state index contributed by atoms with van der Waals surface area (Å²) in [4.78, 5) is 23.1. The summed E-state index contributed by atoms with van der Waals surface area (Å²) in [6.45, 7) is 1.93. The van der Waals surface area contributed by atoms with E-state index in [0.29, 0.717) is 35.3 Å². The van der Waals surface area contributed by atoms with Gasteiger partial charge in [-0.2, -0.15) is 0 Å². The highest BCUT2D eigenvalue weighted by molar-refractivity contribution is 5.79. The third-order valence-corrected chi connectivity index (χ3v) is 6.43. The van der Waals surface area contributed by atoms with Crippen molar-refractivity contribution >= 4 is 12.4 Å². The van der Waals surface area contributed by atoms with Gasteiger partial charge in [-0.15, -0.1) is 0 Å². The number of benzene rings is 2. The van der Waals surface area contributed by atoms with Gasteiger partial charge in [-0.25, -0.2) is 8.78 Å². The molecule has 34 heavy (non-hydrogen) atoms. The molecule has 2 aromatic carbocycles. The van der Waals surface area contributed by atoms with E-state index in [1.54, 1.807) is 12.1 Å². The fraction of sp³-hybridized carbons (Fsp3) is 0.462. The predicted octanol–water partition coefficient (Wildman–Crippen LogP) is 5.15. The second-order valence-electron chi connectivity index (χ2n) is 8.68. The van der Waals surface area contributed by atoms with Crippen molar-refractivity contribution in [3.05, 3.63) is 48.0 Å². The van der Waals surface area contributed by atoms with E-state index in [1.807, 2.05) is 17.0 Å². The lowest BCUT2D eigenvalue weighted by atomic mass is 9.96. The highest BCUT2D eigenvalue weighted by Crippen LogP contribution is 2.33. The van der Waals surface area contributed by atoms with Crippen molar-refractivity contribution in [1.82, 2.24) is 4.90 Å². The second-order valence-corrected chi connectivity index (χ2v) is 8.68. The minimum absolute atomic E-state index is 0.223. The molecule has 1 saturated heterocycles. The Morgan fingerprint density at radius 1 is 1.09 bits per heavy atom. The lowest BCUT2D eigenvalue weighted by Gasteiger charge is -2.34. The fourth-order valence-corrected chi connectivity index (χ4v) is 4.70. The third-order valence-electron chi connectivity index (χ3n) is 6.43. The Bertz CT molecular complexity index is 960. The minimum atomic E-state index is -0.937. The van der Waals surface area contributed by atoms with Crippen LogP contribution in [0.2, 0.25) is 0 Å². The molecule has 2 fully saturated rings. The SMILES string of the molecule is COc1cc(F)c(F)cc1-c1ccc(OCC2CCCN(C(=O)C3CCCC3)C2)cc1.O=CO. The summed E-state index contributed by atoms with van der Waals surface area (Å²) in [6, 6.07) is 9.45. The number of carbonyl (C=O) groups is 2. The van der Waals surface area contributed by atoms with Gasteiger partial charge in [-0.1, -0.05) is 25.0 Å². The first-order valence-electron chi connectivity index (χ1n) is 11.6. The lowest BCUT2D eigenvalue weighted by Crippen LogP contribution is -2.43. The maximum Gasteiger partial charge on any atom is 0.290 e. The van der Waals surface area contributed by atoms with E-state index in [9.17, 15) is 13.6 Å². The molecular formula is C26H31F2NO5. The van der Waals surface area contributed by atoms with Crippen LogP contribution >= 0.6 is 0 Å². The van der Waals surface area contributed by atoms with E-state index in [4.69, 9.17) is 19.4 Å². The molecule has 1 amide bonds. The molecule has 0 aromatic heterocycles. The summed E-state index contributed by atoms with van der Waals surface area (Å²) in [5, 5.41) is 6.89. The van der Waals surface area contributed by atoms with E-state index in [-0.39, 0.29) is 18.1 Å². The first-order chi connectivity index (χ1) is 16.5. The number of methoxy groups -OCH3 is 1. The first kappa shape index (κ1) is 25.5. The summed E-state index contributed by atoms with van der Waals surface area (Å²) in [5.41, 5.74) is 1.20. The van der Waals surface area contributed by atoms with Crippen LogP contribution in [0.15, 0.2) is 36.4 Å². The molecule has 2 aromatic rings. The molecule has 0 radical (unpaired) electrons. The molecule has 1 aliphatic carbocycles. The number of nitrogens with zero attached hydrogens (tertiary/aromatic N) is 1. The number of rotatable bonds is 6. The van der Waals surface area contributed by atoms with Gasteiger partial charge >= 0.3 is 0 Å². The second kappa shape index (κ2) is 12.3. The van der Waals surface area contributed by atoms with E-state index in [2.05, 4.69) is 0 Å². The Balaban J connectivity index is 0.00000103. The van der Waals surface area contributed by atoms with Crippen molar-refractivity contribution in [2.45, 2.75) is 38.5 Å². The van der Waals surface area contributed by atoms with E-state index in [0.717, 1.165) is 50.9 Å². The summed E-state index contributed by atoms with van der Waals surface area (Å²) in [6.07, 6.45) is 6.48. The molecule has 1 N–H and O–H groups in total. The fourth-order valence-electron chi connectivity index (χ4n) is 4.70. The van der Waals surface area contributed by atoms with E-state index in [1.165, 1.54) is 20.0 Å². The number of ether oxygens (including phenoxy) is 2. The number of hydrogen-bond acceptors (Lipinski definition) is 4.